The molecule has 2 aromatic carbocycles. The summed E-state index contributed by atoms with van der Waals surface area (Å²) in [6.45, 7) is 1.25. The quantitative estimate of drug-likeness (QED) is 0.851. The molecule has 0 atom stereocenters. The molecule has 0 saturated carbocycles. The zero-order valence-electron chi connectivity index (χ0n) is 10.5. The number of hydrogen-bond donors (Lipinski definition) is 1. The van der Waals surface area contributed by atoms with Crippen molar-refractivity contribution in [1.82, 2.24) is 0 Å². The highest BCUT2D eigenvalue weighted by molar-refractivity contribution is 6.44. The Labute approximate surface area is 126 Å². The number of ether oxygens (including phenoxy) is 1. The summed E-state index contributed by atoms with van der Waals surface area (Å²) >= 11 is 12.1. The van der Waals surface area contributed by atoms with Gasteiger partial charge in [-0.3, -0.25) is 4.79 Å². The zero-order valence-corrected chi connectivity index (χ0v) is 12.0. The fraction of sp³-hybridized carbons (Fsp3) is 0.133. The fourth-order valence-corrected chi connectivity index (χ4v) is 2.56. The second-order valence-electron chi connectivity index (χ2n) is 4.39. The molecule has 0 fully saturated rings. The second-order valence-corrected chi connectivity index (χ2v) is 5.17. The molecule has 102 valence electrons. The summed E-state index contributed by atoms with van der Waals surface area (Å²) in [6.07, 6.45) is 0. The minimum absolute atomic E-state index is 0.196. The Morgan fingerprint density at radius 1 is 1.10 bits per heavy atom. The summed E-state index contributed by atoms with van der Waals surface area (Å²) in [6, 6.07) is 10.4. The number of carbonyl (C=O) groups is 1. The molecule has 2 aromatic rings. The number of para-hydroxylation sites is 1. The average molecular weight is 308 g/mol. The number of halogens is 2. The van der Waals surface area contributed by atoms with Crippen LogP contribution in [-0.2, 0) is 0 Å². The summed E-state index contributed by atoms with van der Waals surface area (Å²) in [5, 5.41) is 3.83. The predicted octanol–water partition coefficient (Wildman–Crippen LogP) is 4.03. The molecule has 3 rings (SSSR count). The molecule has 0 amide bonds. The summed E-state index contributed by atoms with van der Waals surface area (Å²) in [7, 11) is 0. The van der Waals surface area contributed by atoms with Crippen LogP contribution in [0.25, 0.3) is 0 Å². The van der Waals surface area contributed by atoms with E-state index in [-0.39, 0.29) is 10.8 Å². The maximum Gasteiger partial charge on any atom is 0.198 e. The van der Waals surface area contributed by atoms with Gasteiger partial charge in [0.25, 0.3) is 0 Å². The third-order valence-corrected chi connectivity index (χ3v) is 3.94. The van der Waals surface area contributed by atoms with Crippen LogP contribution in [0.15, 0.2) is 36.4 Å². The molecule has 1 aliphatic rings. The van der Waals surface area contributed by atoms with E-state index in [0.29, 0.717) is 28.5 Å². The molecule has 1 N–H and O–H groups in total. The molecule has 5 heteroatoms. The monoisotopic (exact) mass is 307 g/mol. The van der Waals surface area contributed by atoms with E-state index in [1.165, 1.54) is 0 Å². The first-order valence-corrected chi connectivity index (χ1v) is 6.92. The number of fused-ring (bicyclic) bond motifs is 1. The largest absolute Gasteiger partial charge is 0.489 e. The van der Waals surface area contributed by atoms with E-state index in [2.05, 4.69) is 5.32 Å². The lowest BCUT2D eigenvalue weighted by atomic mass is 10.0. The smallest absolute Gasteiger partial charge is 0.198 e. The van der Waals surface area contributed by atoms with Crippen LogP contribution in [-0.4, -0.2) is 18.9 Å². The second kappa shape index (κ2) is 5.35. The van der Waals surface area contributed by atoms with Gasteiger partial charge in [-0.15, -0.1) is 0 Å². The number of anilines is 1. The van der Waals surface area contributed by atoms with Crippen molar-refractivity contribution in [2.24, 2.45) is 0 Å². The van der Waals surface area contributed by atoms with Gasteiger partial charge < -0.3 is 10.1 Å². The van der Waals surface area contributed by atoms with Gasteiger partial charge in [-0.25, -0.2) is 0 Å². The van der Waals surface area contributed by atoms with Gasteiger partial charge >= 0.3 is 0 Å². The van der Waals surface area contributed by atoms with E-state index >= 15 is 0 Å². The van der Waals surface area contributed by atoms with Crippen LogP contribution in [0.5, 0.6) is 5.75 Å². The summed E-state index contributed by atoms with van der Waals surface area (Å²) in [5.74, 6) is 0.373. The average Bonchev–Trinajstić information content (AvgIpc) is 2.49. The highest BCUT2D eigenvalue weighted by atomic mass is 35.5. The molecule has 0 unspecified atom stereocenters. The number of ketones is 1. The number of rotatable bonds is 2. The molecule has 0 saturated heterocycles. The van der Waals surface area contributed by atoms with E-state index in [1.807, 2.05) is 12.1 Å². The third kappa shape index (κ3) is 2.23. The van der Waals surface area contributed by atoms with Crippen LogP contribution < -0.4 is 10.1 Å². The van der Waals surface area contributed by atoms with E-state index < -0.39 is 0 Å². The van der Waals surface area contributed by atoms with Gasteiger partial charge in [-0.2, -0.15) is 0 Å². The Morgan fingerprint density at radius 3 is 2.70 bits per heavy atom. The first-order valence-electron chi connectivity index (χ1n) is 6.17. The minimum Gasteiger partial charge on any atom is -0.489 e. The number of benzene rings is 2. The fourth-order valence-electron chi connectivity index (χ4n) is 2.17. The Hall–Kier alpha value is -1.71. The molecule has 0 bridgehead atoms. The van der Waals surface area contributed by atoms with Crippen molar-refractivity contribution in [2.45, 2.75) is 0 Å². The molecule has 3 nitrogen and oxygen atoms in total. The van der Waals surface area contributed by atoms with Crippen LogP contribution in [0.2, 0.25) is 10.0 Å². The Balaban J connectivity index is 2.09. The van der Waals surface area contributed by atoms with Crippen molar-refractivity contribution in [3.8, 4) is 5.75 Å². The highest BCUT2D eigenvalue weighted by Crippen LogP contribution is 2.35. The maximum absolute atomic E-state index is 12.6. The standard InChI is InChI=1S/C15H11Cl2NO2/c16-11-5-1-3-9(13(11)17)14(19)10-4-2-6-12-15(10)20-8-7-18-12/h1-6,18H,7-8H2. The molecule has 0 aromatic heterocycles. The SMILES string of the molecule is O=C(c1cccc(Cl)c1Cl)c1cccc2c1OCCN2. The van der Waals surface area contributed by atoms with Crippen molar-refractivity contribution in [3.05, 3.63) is 57.6 Å². The molecule has 1 heterocycles. The van der Waals surface area contributed by atoms with Crippen LogP contribution in [0.1, 0.15) is 15.9 Å². The lowest BCUT2D eigenvalue weighted by molar-refractivity contribution is 0.103. The third-order valence-electron chi connectivity index (χ3n) is 3.12. The summed E-state index contributed by atoms with van der Waals surface area (Å²) in [4.78, 5) is 12.6. The van der Waals surface area contributed by atoms with Crippen LogP contribution in [0.3, 0.4) is 0 Å². The van der Waals surface area contributed by atoms with Crippen molar-refractivity contribution >= 4 is 34.7 Å². The van der Waals surface area contributed by atoms with Crippen molar-refractivity contribution in [2.75, 3.05) is 18.5 Å². The van der Waals surface area contributed by atoms with Crippen LogP contribution in [0, 0.1) is 0 Å². The van der Waals surface area contributed by atoms with Gasteiger partial charge in [-0.1, -0.05) is 35.3 Å². The number of nitrogens with one attached hydrogen (secondary N) is 1. The number of hydrogen-bond acceptors (Lipinski definition) is 3. The Morgan fingerprint density at radius 2 is 1.85 bits per heavy atom. The first kappa shape index (κ1) is 13.3. The first-order chi connectivity index (χ1) is 9.68. The summed E-state index contributed by atoms with van der Waals surface area (Å²) in [5.41, 5.74) is 1.68. The number of carbonyl (C=O) groups excluding carboxylic acids is 1. The molecule has 0 spiro atoms. The van der Waals surface area contributed by atoms with Gasteiger partial charge in [0.15, 0.2) is 11.5 Å². The topological polar surface area (TPSA) is 38.3 Å². The van der Waals surface area contributed by atoms with Gasteiger partial charge in [0.2, 0.25) is 0 Å². The van der Waals surface area contributed by atoms with Crippen LogP contribution in [0.4, 0.5) is 5.69 Å². The Bertz CT molecular complexity index is 686. The molecular weight excluding hydrogens is 297 g/mol. The van der Waals surface area contributed by atoms with Crippen molar-refractivity contribution in [1.29, 1.82) is 0 Å². The maximum atomic E-state index is 12.6. The van der Waals surface area contributed by atoms with E-state index in [0.717, 1.165) is 12.2 Å². The summed E-state index contributed by atoms with van der Waals surface area (Å²) < 4.78 is 5.61. The van der Waals surface area contributed by atoms with Gasteiger partial charge in [0.1, 0.15) is 6.61 Å². The molecule has 20 heavy (non-hydrogen) atoms. The zero-order chi connectivity index (χ0) is 14.1. The van der Waals surface area contributed by atoms with Crippen LogP contribution >= 0.6 is 23.2 Å². The lowest BCUT2D eigenvalue weighted by Gasteiger charge is -2.21. The van der Waals surface area contributed by atoms with Gasteiger partial charge in [0, 0.05) is 12.1 Å². The molecule has 0 aliphatic carbocycles. The molecule has 1 aliphatic heterocycles. The normalized spacial score (nSPS) is 13.1. The Kier molecular flexibility index (Phi) is 3.55. The van der Waals surface area contributed by atoms with Crippen molar-refractivity contribution in [3.63, 3.8) is 0 Å². The van der Waals surface area contributed by atoms with E-state index in [1.54, 1.807) is 24.3 Å². The van der Waals surface area contributed by atoms with Crippen molar-refractivity contribution < 1.29 is 9.53 Å². The molecular formula is C15H11Cl2NO2. The highest BCUT2D eigenvalue weighted by Gasteiger charge is 2.22. The van der Waals surface area contributed by atoms with Gasteiger partial charge in [-0.05, 0) is 24.3 Å². The minimum atomic E-state index is -0.196. The lowest BCUT2D eigenvalue weighted by Crippen LogP contribution is -2.20. The van der Waals surface area contributed by atoms with E-state index in [9.17, 15) is 4.79 Å². The van der Waals surface area contributed by atoms with Gasteiger partial charge in [0.05, 0.1) is 21.3 Å². The predicted molar refractivity (Wildman–Crippen MR) is 80.3 cm³/mol. The van der Waals surface area contributed by atoms with E-state index in [4.69, 9.17) is 27.9 Å². The molecule has 0 radical (unpaired) electrons.